The Kier molecular flexibility index (Phi) is 5.39. The second kappa shape index (κ2) is 5.80. The van der Waals surface area contributed by atoms with Crippen LogP contribution in [0.3, 0.4) is 0 Å². The number of hydrogen-bond acceptors (Lipinski definition) is 6. The fourth-order valence-electron chi connectivity index (χ4n) is 0.805. The number of amides is 1. The van der Waals surface area contributed by atoms with Crippen molar-refractivity contribution >= 4 is 21.7 Å². The lowest BCUT2D eigenvalue weighted by Crippen LogP contribution is -2.48. The maximum atomic E-state index is 11.4. The highest BCUT2D eigenvalue weighted by Crippen LogP contribution is 1.99. The fourth-order valence-corrected chi connectivity index (χ4v) is 1.26. The van der Waals surface area contributed by atoms with Gasteiger partial charge in [0.15, 0.2) is 15.9 Å². The van der Waals surface area contributed by atoms with E-state index in [1.165, 1.54) is 6.92 Å². The van der Waals surface area contributed by atoms with Crippen molar-refractivity contribution in [1.29, 1.82) is 0 Å². The van der Waals surface area contributed by atoms with E-state index < -0.39 is 39.6 Å². The molecule has 0 saturated heterocycles. The Hall–Kier alpha value is -1.15. The molecule has 2 atom stereocenters. The van der Waals surface area contributed by atoms with Crippen molar-refractivity contribution in [2.45, 2.75) is 18.2 Å². The van der Waals surface area contributed by atoms with E-state index in [9.17, 15) is 18.0 Å². The number of carbonyl (C=O) groups excluding carboxylic acids is 2. The first-order valence-electron chi connectivity index (χ1n) is 4.42. The van der Waals surface area contributed by atoms with Crippen molar-refractivity contribution in [3.63, 3.8) is 0 Å². The van der Waals surface area contributed by atoms with E-state index in [1.807, 2.05) is 0 Å². The molecule has 0 heterocycles. The number of carbonyl (C=O) groups is 2. The summed E-state index contributed by atoms with van der Waals surface area (Å²) in [5, 5.41) is 9.59. The minimum Gasteiger partial charge on any atom is -0.467 e. The van der Waals surface area contributed by atoms with Crippen LogP contribution < -0.4 is 5.32 Å². The van der Waals surface area contributed by atoms with Gasteiger partial charge in [-0.1, -0.05) is 0 Å². The van der Waals surface area contributed by atoms with Gasteiger partial charge in [-0.15, -0.1) is 0 Å². The summed E-state index contributed by atoms with van der Waals surface area (Å²) >= 11 is 0. The highest BCUT2D eigenvalue weighted by Gasteiger charge is 2.28. The van der Waals surface area contributed by atoms with Gasteiger partial charge in [0.05, 0.1) is 13.7 Å². The van der Waals surface area contributed by atoms with Gasteiger partial charge < -0.3 is 15.2 Å². The van der Waals surface area contributed by atoms with Gasteiger partial charge in [0.25, 0.3) is 0 Å². The Bertz CT molecular complexity index is 363. The summed E-state index contributed by atoms with van der Waals surface area (Å²) in [5.41, 5.74) is 0. The third kappa shape index (κ3) is 4.15. The topological polar surface area (TPSA) is 110 Å². The quantitative estimate of drug-likeness (QED) is 0.552. The molecule has 0 rings (SSSR count). The number of aliphatic hydroxyl groups is 1. The normalized spacial score (nSPS) is 15.0. The third-order valence-corrected chi connectivity index (χ3v) is 3.49. The molecule has 0 bridgehead atoms. The lowest BCUT2D eigenvalue weighted by atomic mass is 10.3. The second-order valence-electron chi connectivity index (χ2n) is 3.24. The predicted octanol–water partition coefficient (Wildman–Crippen LogP) is -1.93. The molecule has 0 aliphatic carbocycles. The largest absolute Gasteiger partial charge is 0.467 e. The Balaban J connectivity index is 4.61. The van der Waals surface area contributed by atoms with Crippen LogP contribution in [0, 0.1) is 0 Å². The van der Waals surface area contributed by atoms with Gasteiger partial charge in [0, 0.05) is 6.26 Å². The molecule has 7 nitrogen and oxygen atoms in total. The van der Waals surface area contributed by atoms with Crippen LogP contribution in [0.25, 0.3) is 0 Å². The monoisotopic (exact) mass is 253 g/mol. The minimum absolute atomic E-state index is 0.658. The number of ether oxygens (including phenoxy) is 1. The summed E-state index contributed by atoms with van der Waals surface area (Å²) < 4.78 is 26.4. The van der Waals surface area contributed by atoms with Crippen molar-refractivity contribution < 1.29 is 27.9 Å². The Morgan fingerprint density at radius 1 is 1.44 bits per heavy atom. The standard InChI is InChI=1S/C8H15NO6S/c1-5(16(3,13)14)7(11)9-6(4-10)8(12)15-2/h5-6,10H,4H2,1-3H3,(H,9,11). The molecular formula is C8H15NO6S. The molecule has 0 radical (unpaired) electrons. The van der Waals surface area contributed by atoms with Crippen LogP contribution >= 0.6 is 0 Å². The summed E-state index contributed by atoms with van der Waals surface area (Å²) in [7, 11) is -2.44. The summed E-state index contributed by atoms with van der Waals surface area (Å²) in [6.07, 6.45) is 0.906. The van der Waals surface area contributed by atoms with Crippen LogP contribution in [0.15, 0.2) is 0 Å². The van der Waals surface area contributed by atoms with E-state index in [0.29, 0.717) is 0 Å². The molecule has 2 N–H and O–H groups in total. The van der Waals surface area contributed by atoms with Gasteiger partial charge in [0.1, 0.15) is 5.25 Å². The van der Waals surface area contributed by atoms with Crippen LogP contribution in [0.5, 0.6) is 0 Å². The average molecular weight is 253 g/mol. The van der Waals surface area contributed by atoms with Crippen molar-refractivity contribution in [1.82, 2.24) is 5.32 Å². The number of nitrogens with one attached hydrogen (secondary N) is 1. The molecule has 8 heteroatoms. The predicted molar refractivity (Wildman–Crippen MR) is 55.3 cm³/mol. The van der Waals surface area contributed by atoms with E-state index in [2.05, 4.69) is 10.1 Å². The second-order valence-corrected chi connectivity index (χ2v) is 5.60. The number of sulfone groups is 1. The van der Waals surface area contributed by atoms with Crippen LogP contribution in [0.4, 0.5) is 0 Å². The van der Waals surface area contributed by atoms with E-state index in [1.54, 1.807) is 0 Å². The maximum Gasteiger partial charge on any atom is 0.330 e. The molecule has 0 aromatic heterocycles. The summed E-state index contributed by atoms with van der Waals surface area (Å²) in [4.78, 5) is 22.4. The van der Waals surface area contributed by atoms with E-state index in [0.717, 1.165) is 13.4 Å². The highest BCUT2D eigenvalue weighted by molar-refractivity contribution is 7.92. The first-order valence-corrected chi connectivity index (χ1v) is 6.37. The Morgan fingerprint density at radius 3 is 2.25 bits per heavy atom. The van der Waals surface area contributed by atoms with Gasteiger partial charge in [-0.3, -0.25) is 4.79 Å². The number of aliphatic hydroxyl groups excluding tert-OH is 1. The van der Waals surface area contributed by atoms with Crippen LogP contribution in [0.2, 0.25) is 0 Å². The number of esters is 1. The van der Waals surface area contributed by atoms with Gasteiger partial charge in [-0.2, -0.15) is 0 Å². The zero-order chi connectivity index (χ0) is 12.9. The molecule has 0 aromatic carbocycles. The zero-order valence-electron chi connectivity index (χ0n) is 9.26. The Labute approximate surface area is 93.7 Å². The van der Waals surface area contributed by atoms with Gasteiger partial charge in [-0.05, 0) is 6.92 Å². The van der Waals surface area contributed by atoms with Crippen LogP contribution in [-0.4, -0.2) is 56.7 Å². The molecule has 0 aliphatic heterocycles. The van der Waals surface area contributed by atoms with Gasteiger partial charge in [-0.25, -0.2) is 13.2 Å². The van der Waals surface area contributed by atoms with E-state index >= 15 is 0 Å². The molecule has 2 unspecified atom stereocenters. The molecule has 0 spiro atoms. The van der Waals surface area contributed by atoms with E-state index in [-0.39, 0.29) is 0 Å². The van der Waals surface area contributed by atoms with Gasteiger partial charge in [0.2, 0.25) is 5.91 Å². The summed E-state index contributed by atoms with van der Waals surface area (Å²) in [6.45, 7) is 0.533. The van der Waals surface area contributed by atoms with Crippen LogP contribution in [-0.2, 0) is 24.2 Å². The molecular weight excluding hydrogens is 238 g/mol. The maximum absolute atomic E-state index is 11.4. The molecule has 16 heavy (non-hydrogen) atoms. The number of rotatable bonds is 5. The molecule has 0 aromatic rings. The highest BCUT2D eigenvalue weighted by atomic mass is 32.2. The summed E-state index contributed by atoms with van der Waals surface area (Å²) in [6, 6.07) is -1.25. The van der Waals surface area contributed by atoms with Crippen molar-refractivity contribution in [2.24, 2.45) is 0 Å². The molecule has 0 aliphatic rings. The molecule has 0 fully saturated rings. The first-order chi connectivity index (χ1) is 7.23. The smallest absolute Gasteiger partial charge is 0.330 e. The fraction of sp³-hybridized carbons (Fsp3) is 0.750. The van der Waals surface area contributed by atoms with Crippen molar-refractivity contribution in [3.8, 4) is 0 Å². The summed E-state index contributed by atoms with van der Waals surface area (Å²) in [5.74, 6) is -1.69. The van der Waals surface area contributed by atoms with Crippen molar-refractivity contribution in [2.75, 3.05) is 20.0 Å². The van der Waals surface area contributed by atoms with Gasteiger partial charge >= 0.3 is 5.97 Å². The third-order valence-electron chi connectivity index (χ3n) is 2.00. The zero-order valence-corrected chi connectivity index (χ0v) is 10.1. The lowest BCUT2D eigenvalue weighted by molar-refractivity contribution is -0.146. The molecule has 94 valence electrons. The van der Waals surface area contributed by atoms with Crippen molar-refractivity contribution in [3.05, 3.63) is 0 Å². The molecule has 1 amide bonds. The van der Waals surface area contributed by atoms with Crippen LogP contribution in [0.1, 0.15) is 6.92 Å². The number of hydrogen-bond donors (Lipinski definition) is 2. The lowest BCUT2D eigenvalue weighted by Gasteiger charge is -2.16. The molecule has 0 saturated carbocycles. The minimum atomic E-state index is -3.53. The Morgan fingerprint density at radius 2 is 1.94 bits per heavy atom. The average Bonchev–Trinajstić information content (AvgIpc) is 2.21. The van der Waals surface area contributed by atoms with E-state index in [4.69, 9.17) is 5.11 Å². The SMILES string of the molecule is COC(=O)C(CO)NC(=O)C(C)S(C)(=O)=O. The number of methoxy groups -OCH3 is 1. The first kappa shape index (κ1) is 14.8.